The number of sulfonamides is 1. The summed E-state index contributed by atoms with van der Waals surface area (Å²) in [5, 5.41) is 5.52. The van der Waals surface area contributed by atoms with Crippen LogP contribution in [0.3, 0.4) is 0 Å². The van der Waals surface area contributed by atoms with Crippen molar-refractivity contribution in [1.29, 1.82) is 0 Å². The zero-order chi connectivity index (χ0) is 21.7. The summed E-state index contributed by atoms with van der Waals surface area (Å²) in [5.74, 6) is -1.83. The molecule has 2 amide bonds. The standard InChI is InChI=1S/C20H21ClFN3O4S/c21-15-3-9-18(10-4-15)30(28,29)25-11-1-2-14(13-25)20(27)23-12-19(26)24-17-7-5-16(22)6-8-17/h3-10,14H,1-2,11-13H2,(H,23,27)(H,24,26). The number of hydrogen-bond acceptors (Lipinski definition) is 4. The molecule has 3 rings (SSSR count). The molecule has 2 N–H and O–H groups in total. The summed E-state index contributed by atoms with van der Waals surface area (Å²) in [7, 11) is -3.74. The number of piperidine rings is 1. The molecule has 160 valence electrons. The van der Waals surface area contributed by atoms with Crippen LogP contribution >= 0.6 is 11.6 Å². The largest absolute Gasteiger partial charge is 0.347 e. The Morgan fingerprint density at radius 3 is 2.43 bits per heavy atom. The maximum atomic E-state index is 12.9. The molecule has 1 atom stereocenters. The molecule has 0 saturated carbocycles. The molecule has 0 radical (unpaired) electrons. The van der Waals surface area contributed by atoms with Crippen LogP contribution in [-0.4, -0.2) is 44.2 Å². The normalized spacial score (nSPS) is 17.3. The van der Waals surface area contributed by atoms with Gasteiger partial charge in [-0.2, -0.15) is 4.31 Å². The first kappa shape index (κ1) is 22.2. The molecule has 10 heteroatoms. The van der Waals surface area contributed by atoms with Crippen LogP contribution in [0.5, 0.6) is 0 Å². The van der Waals surface area contributed by atoms with Crippen molar-refractivity contribution in [2.75, 3.05) is 25.0 Å². The van der Waals surface area contributed by atoms with Gasteiger partial charge < -0.3 is 10.6 Å². The highest BCUT2D eigenvalue weighted by atomic mass is 35.5. The van der Waals surface area contributed by atoms with Crippen molar-refractivity contribution < 1.29 is 22.4 Å². The first-order valence-corrected chi connectivity index (χ1v) is 11.2. The van der Waals surface area contributed by atoms with Gasteiger partial charge in [-0.25, -0.2) is 12.8 Å². The van der Waals surface area contributed by atoms with Crippen LogP contribution in [0.1, 0.15) is 12.8 Å². The fourth-order valence-corrected chi connectivity index (χ4v) is 4.83. The van der Waals surface area contributed by atoms with E-state index in [-0.39, 0.29) is 23.9 Å². The Morgan fingerprint density at radius 1 is 1.10 bits per heavy atom. The van der Waals surface area contributed by atoms with Gasteiger partial charge in [-0.3, -0.25) is 9.59 Å². The summed E-state index contributed by atoms with van der Waals surface area (Å²) in [4.78, 5) is 24.6. The average Bonchev–Trinajstić information content (AvgIpc) is 2.74. The van der Waals surface area contributed by atoms with Crippen molar-refractivity contribution >= 4 is 39.1 Å². The van der Waals surface area contributed by atoms with Gasteiger partial charge in [-0.05, 0) is 61.4 Å². The van der Waals surface area contributed by atoms with E-state index in [1.807, 2.05) is 0 Å². The van der Waals surface area contributed by atoms with E-state index in [1.54, 1.807) is 0 Å². The Bertz CT molecular complexity index is 1010. The first-order valence-electron chi connectivity index (χ1n) is 9.34. The van der Waals surface area contributed by atoms with Crippen LogP contribution in [-0.2, 0) is 19.6 Å². The molecule has 2 aromatic rings. The highest BCUT2D eigenvalue weighted by molar-refractivity contribution is 7.89. The van der Waals surface area contributed by atoms with Gasteiger partial charge >= 0.3 is 0 Å². The number of anilines is 1. The molecule has 0 bridgehead atoms. The molecule has 1 saturated heterocycles. The molecule has 1 aliphatic heterocycles. The molecule has 30 heavy (non-hydrogen) atoms. The van der Waals surface area contributed by atoms with Crippen LogP contribution in [0.2, 0.25) is 5.02 Å². The minimum Gasteiger partial charge on any atom is -0.347 e. The minimum atomic E-state index is -3.74. The molecule has 0 aromatic heterocycles. The van der Waals surface area contributed by atoms with E-state index in [4.69, 9.17) is 11.6 Å². The number of halogens is 2. The van der Waals surface area contributed by atoms with Crippen molar-refractivity contribution in [3.05, 3.63) is 59.4 Å². The Balaban J connectivity index is 1.55. The highest BCUT2D eigenvalue weighted by Crippen LogP contribution is 2.24. The number of carbonyl (C=O) groups excluding carboxylic acids is 2. The fourth-order valence-electron chi connectivity index (χ4n) is 3.18. The molecule has 1 heterocycles. The topological polar surface area (TPSA) is 95.6 Å². The Labute approximate surface area is 179 Å². The van der Waals surface area contributed by atoms with E-state index in [0.29, 0.717) is 30.1 Å². The van der Waals surface area contributed by atoms with Gasteiger partial charge in [0.2, 0.25) is 21.8 Å². The number of nitrogens with one attached hydrogen (secondary N) is 2. The van der Waals surface area contributed by atoms with Crippen LogP contribution in [0.25, 0.3) is 0 Å². The third-order valence-electron chi connectivity index (χ3n) is 4.76. The van der Waals surface area contributed by atoms with E-state index in [1.165, 1.54) is 52.8 Å². The molecule has 1 fully saturated rings. The van der Waals surface area contributed by atoms with Crippen molar-refractivity contribution in [2.24, 2.45) is 5.92 Å². The summed E-state index contributed by atoms with van der Waals surface area (Å²) in [6.07, 6.45) is 1.06. The number of rotatable bonds is 6. The SMILES string of the molecule is O=C(CNC(=O)C1CCCN(S(=O)(=O)c2ccc(Cl)cc2)C1)Nc1ccc(F)cc1. The van der Waals surface area contributed by atoms with Crippen molar-refractivity contribution in [3.8, 4) is 0 Å². The van der Waals surface area contributed by atoms with E-state index in [2.05, 4.69) is 10.6 Å². The predicted octanol–water partition coefficient (Wildman–Crippen LogP) is 2.63. The summed E-state index contributed by atoms with van der Waals surface area (Å²) < 4.78 is 39.8. The Hall–Kier alpha value is -2.49. The van der Waals surface area contributed by atoms with Gasteiger partial charge in [0.05, 0.1) is 17.4 Å². The minimum absolute atomic E-state index is 0.0381. The monoisotopic (exact) mass is 453 g/mol. The lowest BCUT2D eigenvalue weighted by atomic mass is 9.99. The molecular formula is C20H21ClFN3O4S. The number of benzene rings is 2. The second-order valence-electron chi connectivity index (χ2n) is 6.93. The van der Waals surface area contributed by atoms with Gasteiger partial charge in [0.25, 0.3) is 0 Å². The molecule has 1 aliphatic rings. The molecule has 0 spiro atoms. The Morgan fingerprint density at radius 2 is 1.77 bits per heavy atom. The second kappa shape index (κ2) is 9.55. The fraction of sp³-hybridized carbons (Fsp3) is 0.300. The molecule has 0 aliphatic carbocycles. The van der Waals surface area contributed by atoms with Crippen molar-refractivity contribution in [3.63, 3.8) is 0 Å². The van der Waals surface area contributed by atoms with Gasteiger partial charge in [0, 0.05) is 23.8 Å². The van der Waals surface area contributed by atoms with Gasteiger partial charge in [0.1, 0.15) is 5.82 Å². The number of nitrogens with zero attached hydrogens (tertiary/aromatic N) is 1. The quantitative estimate of drug-likeness (QED) is 0.702. The summed E-state index contributed by atoms with van der Waals surface area (Å²) in [6, 6.07) is 11.1. The van der Waals surface area contributed by atoms with Gasteiger partial charge in [0.15, 0.2) is 0 Å². The van der Waals surface area contributed by atoms with E-state index >= 15 is 0 Å². The van der Waals surface area contributed by atoms with Gasteiger partial charge in [-0.1, -0.05) is 11.6 Å². The van der Waals surface area contributed by atoms with Crippen LogP contribution in [0, 0.1) is 11.7 Å². The summed E-state index contributed by atoms with van der Waals surface area (Å²) >= 11 is 5.82. The zero-order valence-corrected chi connectivity index (χ0v) is 17.5. The molecular weight excluding hydrogens is 433 g/mol. The lowest BCUT2D eigenvalue weighted by Crippen LogP contribution is -2.46. The van der Waals surface area contributed by atoms with Crippen LogP contribution in [0.4, 0.5) is 10.1 Å². The Kier molecular flexibility index (Phi) is 7.06. The number of hydrogen-bond donors (Lipinski definition) is 2. The van der Waals surface area contributed by atoms with Crippen molar-refractivity contribution in [1.82, 2.24) is 9.62 Å². The van der Waals surface area contributed by atoms with Gasteiger partial charge in [-0.15, -0.1) is 0 Å². The third-order valence-corrected chi connectivity index (χ3v) is 6.89. The molecule has 2 aromatic carbocycles. The maximum Gasteiger partial charge on any atom is 0.243 e. The second-order valence-corrected chi connectivity index (χ2v) is 9.30. The highest BCUT2D eigenvalue weighted by Gasteiger charge is 2.33. The van der Waals surface area contributed by atoms with Crippen LogP contribution in [0.15, 0.2) is 53.4 Å². The third kappa shape index (κ3) is 5.56. The van der Waals surface area contributed by atoms with E-state index < -0.39 is 27.7 Å². The van der Waals surface area contributed by atoms with Crippen molar-refractivity contribution in [2.45, 2.75) is 17.7 Å². The van der Waals surface area contributed by atoms with E-state index in [9.17, 15) is 22.4 Å². The first-order chi connectivity index (χ1) is 14.3. The number of amides is 2. The molecule has 7 nitrogen and oxygen atoms in total. The summed E-state index contributed by atoms with van der Waals surface area (Å²) in [5.41, 5.74) is 0.411. The lowest BCUT2D eigenvalue weighted by Gasteiger charge is -2.31. The smallest absolute Gasteiger partial charge is 0.243 e. The lowest BCUT2D eigenvalue weighted by molar-refractivity contribution is -0.128. The molecule has 1 unspecified atom stereocenters. The maximum absolute atomic E-state index is 12.9. The number of carbonyl (C=O) groups is 2. The van der Waals surface area contributed by atoms with Crippen LogP contribution < -0.4 is 10.6 Å². The average molecular weight is 454 g/mol. The predicted molar refractivity (Wildman–Crippen MR) is 111 cm³/mol. The van der Waals surface area contributed by atoms with E-state index in [0.717, 1.165) is 0 Å². The summed E-state index contributed by atoms with van der Waals surface area (Å²) in [6.45, 7) is 0.0901. The zero-order valence-electron chi connectivity index (χ0n) is 16.0.